The van der Waals surface area contributed by atoms with E-state index in [0.717, 1.165) is 60.7 Å². The minimum Gasteiger partial charge on any atom is -0.297 e. The van der Waals surface area contributed by atoms with Crippen molar-refractivity contribution in [3.8, 4) is 0 Å². The number of nitrogens with zero attached hydrogens (tertiary/aromatic N) is 4. The van der Waals surface area contributed by atoms with Crippen LogP contribution in [0.1, 0.15) is 40.3 Å². The van der Waals surface area contributed by atoms with Gasteiger partial charge >= 0.3 is 0 Å². The molecule has 0 bridgehead atoms. The molecular weight excluding hydrogens is 451 g/mol. The third-order valence-electron chi connectivity index (χ3n) is 7.21. The zero-order valence-electron chi connectivity index (χ0n) is 21.0. The van der Waals surface area contributed by atoms with Crippen molar-refractivity contribution in [1.29, 1.82) is 0 Å². The van der Waals surface area contributed by atoms with Crippen LogP contribution in [0.25, 0.3) is 0 Å². The standard InChI is InChI=1S/C30H33FN4O/c1-22-8-9-23(2)27(18-22)29-19-28(25-10-12-26(31)13-11-25)32-35(29)30(36)21-34-16-14-33(15-17-34)20-24-6-4-3-5-7-24/h3-13,18,29H,14-17,19-21H2,1-2H3. The Kier molecular flexibility index (Phi) is 7.25. The second-order valence-corrected chi connectivity index (χ2v) is 9.91. The number of amides is 1. The van der Waals surface area contributed by atoms with Crippen molar-refractivity contribution in [1.82, 2.24) is 14.8 Å². The molecule has 5 nitrogen and oxygen atoms in total. The second kappa shape index (κ2) is 10.7. The topological polar surface area (TPSA) is 39.2 Å². The molecule has 0 N–H and O–H groups in total. The summed E-state index contributed by atoms with van der Waals surface area (Å²) in [5.74, 6) is -0.266. The predicted octanol–water partition coefficient (Wildman–Crippen LogP) is 4.94. The van der Waals surface area contributed by atoms with E-state index < -0.39 is 0 Å². The Morgan fingerprint density at radius 2 is 1.61 bits per heavy atom. The molecule has 36 heavy (non-hydrogen) atoms. The number of carbonyl (C=O) groups is 1. The molecule has 186 valence electrons. The van der Waals surface area contributed by atoms with E-state index in [4.69, 9.17) is 5.10 Å². The summed E-state index contributed by atoms with van der Waals surface area (Å²) < 4.78 is 13.5. The Morgan fingerprint density at radius 3 is 2.33 bits per heavy atom. The van der Waals surface area contributed by atoms with Crippen LogP contribution in [0.3, 0.4) is 0 Å². The number of halogens is 1. The number of aryl methyl sites for hydroxylation is 2. The van der Waals surface area contributed by atoms with Crippen LogP contribution in [0.5, 0.6) is 0 Å². The van der Waals surface area contributed by atoms with Crippen molar-refractivity contribution in [3.05, 3.63) is 106 Å². The molecule has 1 fully saturated rings. The fourth-order valence-corrected chi connectivity index (χ4v) is 5.13. The zero-order valence-corrected chi connectivity index (χ0v) is 21.0. The number of hydrazone groups is 1. The number of hydrogen-bond donors (Lipinski definition) is 0. The number of benzene rings is 3. The highest BCUT2D eigenvalue weighted by Crippen LogP contribution is 2.35. The molecule has 5 rings (SSSR count). The molecule has 2 heterocycles. The van der Waals surface area contributed by atoms with Gasteiger partial charge in [0, 0.05) is 39.1 Å². The van der Waals surface area contributed by atoms with Gasteiger partial charge in [0.15, 0.2) is 0 Å². The molecule has 0 aromatic heterocycles. The van der Waals surface area contributed by atoms with E-state index in [0.29, 0.717) is 13.0 Å². The van der Waals surface area contributed by atoms with Gasteiger partial charge in [-0.05, 0) is 48.2 Å². The Labute approximate surface area is 212 Å². The summed E-state index contributed by atoms with van der Waals surface area (Å²) in [7, 11) is 0. The van der Waals surface area contributed by atoms with Crippen LogP contribution in [0.4, 0.5) is 4.39 Å². The van der Waals surface area contributed by atoms with Crippen LogP contribution >= 0.6 is 0 Å². The Bertz CT molecular complexity index is 1230. The van der Waals surface area contributed by atoms with Gasteiger partial charge < -0.3 is 0 Å². The van der Waals surface area contributed by atoms with E-state index in [9.17, 15) is 9.18 Å². The summed E-state index contributed by atoms with van der Waals surface area (Å²) in [6.45, 7) is 9.03. The molecule has 3 aromatic carbocycles. The third kappa shape index (κ3) is 5.55. The minimum atomic E-state index is -0.275. The van der Waals surface area contributed by atoms with E-state index in [1.165, 1.54) is 17.7 Å². The molecule has 0 radical (unpaired) electrons. The predicted molar refractivity (Wildman–Crippen MR) is 141 cm³/mol. The van der Waals surface area contributed by atoms with Gasteiger partial charge in [0.05, 0.1) is 18.3 Å². The van der Waals surface area contributed by atoms with Crippen LogP contribution in [-0.2, 0) is 11.3 Å². The van der Waals surface area contributed by atoms with Gasteiger partial charge in [0.1, 0.15) is 5.82 Å². The number of piperazine rings is 1. The molecule has 0 saturated carbocycles. The molecule has 2 aliphatic rings. The van der Waals surface area contributed by atoms with Crippen LogP contribution in [0.2, 0.25) is 0 Å². The second-order valence-electron chi connectivity index (χ2n) is 9.91. The maximum Gasteiger partial charge on any atom is 0.257 e. The van der Waals surface area contributed by atoms with Gasteiger partial charge in [-0.15, -0.1) is 0 Å². The van der Waals surface area contributed by atoms with E-state index in [-0.39, 0.29) is 17.8 Å². The first-order valence-corrected chi connectivity index (χ1v) is 12.7. The van der Waals surface area contributed by atoms with Gasteiger partial charge in [0.2, 0.25) is 0 Å². The first-order valence-electron chi connectivity index (χ1n) is 12.7. The zero-order chi connectivity index (χ0) is 25.1. The first-order chi connectivity index (χ1) is 17.5. The average Bonchev–Trinajstić information content (AvgIpc) is 3.33. The maximum absolute atomic E-state index is 13.6. The molecule has 0 spiro atoms. The number of hydrogen-bond acceptors (Lipinski definition) is 4. The Morgan fingerprint density at radius 1 is 0.917 bits per heavy atom. The summed E-state index contributed by atoms with van der Waals surface area (Å²) >= 11 is 0. The summed E-state index contributed by atoms with van der Waals surface area (Å²) in [6, 6.07) is 23.1. The summed E-state index contributed by atoms with van der Waals surface area (Å²) in [6.07, 6.45) is 0.618. The lowest BCUT2D eigenvalue weighted by Gasteiger charge is -2.35. The van der Waals surface area contributed by atoms with Crippen molar-refractivity contribution in [2.24, 2.45) is 5.10 Å². The van der Waals surface area contributed by atoms with Crippen molar-refractivity contribution < 1.29 is 9.18 Å². The molecule has 1 unspecified atom stereocenters. The molecule has 6 heteroatoms. The smallest absolute Gasteiger partial charge is 0.257 e. The van der Waals surface area contributed by atoms with E-state index in [1.54, 1.807) is 17.1 Å². The molecular formula is C30H33FN4O. The fourth-order valence-electron chi connectivity index (χ4n) is 5.13. The summed E-state index contributed by atoms with van der Waals surface area (Å²) in [5, 5.41) is 6.47. The highest BCUT2D eigenvalue weighted by atomic mass is 19.1. The number of rotatable bonds is 6. The van der Waals surface area contributed by atoms with Crippen molar-refractivity contribution in [3.63, 3.8) is 0 Å². The SMILES string of the molecule is Cc1ccc(C)c(C2CC(c3ccc(F)cc3)=NN2C(=O)CN2CCN(Cc3ccccc3)CC2)c1. The van der Waals surface area contributed by atoms with Crippen LogP contribution in [0.15, 0.2) is 77.9 Å². The third-order valence-corrected chi connectivity index (χ3v) is 7.21. The Hall–Kier alpha value is -3.35. The quantitative estimate of drug-likeness (QED) is 0.498. The lowest BCUT2D eigenvalue weighted by atomic mass is 9.94. The fraction of sp³-hybridized carbons (Fsp3) is 0.333. The normalized spacial score (nSPS) is 18.9. The monoisotopic (exact) mass is 484 g/mol. The molecule has 0 aliphatic carbocycles. The van der Waals surface area contributed by atoms with Gasteiger partial charge in [0.25, 0.3) is 5.91 Å². The number of carbonyl (C=O) groups excluding carboxylic acids is 1. The lowest BCUT2D eigenvalue weighted by Crippen LogP contribution is -2.49. The Balaban J connectivity index is 1.29. The molecule has 2 aliphatic heterocycles. The largest absolute Gasteiger partial charge is 0.297 e. The molecule has 3 aromatic rings. The summed E-state index contributed by atoms with van der Waals surface area (Å²) in [4.78, 5) is 18.3. The summed E-state index contributed by atoms with van der Waals surface area (Å²) in [5.41, 5.74) is 6.43. The molecule has 1 amide bonds. The average molecular weight is 485 g/mol. The highest BCUT2D eigenvalue weighted by Gasteiger charge is 2.35. The minimum absolute atomic E-state index is 0.00882. The van der Waals surface area contributed by atoms with E-state index in [2.05, 4.69) is 66.1 Å². The lowest BCUT2D eigenvalue weighted by molar-refractivity contribution is -0.134. The van der Waals surface area contributed by atoms with Crippen LogP contribution < -0.4 is 0 Å². The van der Waals surface area contributed by atoms with Gasteiger partial charge in [-0.3, -0.25) is 14.6 Å². The maximum atomic E-state index is 13.6. The van der Waals surface area contributed by atoms with Crippen LogP contribution in [-0.4, -0.2) is 59.2 Å². The molecule has 1 atom stereocenters. The van der Waals surface area contributed by atoms with Crippen molar-refractivity contribution in [2.45, 2.75) is 32.9 Å². The van der Waals surface area contributed by atoms with Crippen molar-refractivity contribution >= 4 is 11.6 Å². The van der Waals surface area contributed by atoms with E-state index >= 15 is 0 Å². The van der Waals surface area contributed by atoms with Gasteiger partial charge in [-0.25, -0.2) is 9.40 Å². The highest BCUT2D eigenvalue weighted by molar-refractivity contribution is 6.03. The van der Waals surface area contributed by atoms with Gasteiger partial charge in [-0.2, -0.15) is 5.10 Å². The van der Waals surface area contributed by atoms with E-state index in [1.807, 2.05) is 6.07 Å². The molecule has 1 saturated heterocycles. The van der Waals surface area contributed by atoms with Gasteiger partial charge in [-0.1, -0.05) is 66.2 Å². The van der Waals surface area contributed by atoms with Crippen molar-refractivity contribution in [2.75, 3.05) is 32.7 Å². The first kappa shape index (κ1) is 24.3. The van der Waals surface area contributed by atoms with Crippen LogP contribution in [0, 0.1) is 19.7 Å².